The van der Waals surface area contributed by atoms with E-state index in [1.807, 2.05) is 19.1 Å². The molecule has 0 bridgehead atoms. The van der Waals surface area contributed by atoms with E-state index in [2.05, 4.69) is 30.7 Å². The summed E-state index contributed by atoms with van der Waals surface area (Å²) in [7, 11) is 1.55. The fraction of sp³-hybridized carbons (Fsp3) is 0.357. The van der Waals surface area contributed by atoms with Crippen molar-refractivity contribution in [3.05, 3.63) is 71.2 Å². The summed E-state index contributed by atoms with van der Waals surface area (Å²) in [6.45, 7) is 10.4. The van der Waals surface area contributed by atoms with Crippen molar-refractivity contribution in [1.82, 2.24) is 15.0 Å². The summed E-state index contributed by atoms with van der Waals surface area (Å²) in [5.74, 6) is 0.182. The quantitative estimate of drug-likeness (QED) is 0.278. The molecule has 0 aliphatic carbocycles. The largest absolute Gasteiger partial charge is 0.497 e. The highest BCUT2D eigenvalue weighted by Gasteiger charge is 2.19. The molecule has 0 spiro atoms. The van der Waals surface area contributed by atoms with Gasteiger partial charge >= 0.3 is 5.97 Å². The van der Waals surface area contributed by atoms with Crippen LogP contribution in [0.5, 0.6) is 11.6 Å². The number of esters is 1. The number of rotatable bonds is 9. The minimum Gasteiger partial charge on any atom is -0.497 e. The Balaban J connectivity index is 1.88. The molecule has 0 N–H and O–H groups in total. The van der Waals surface area contributed by atoms with Crippen LogP contribution in [0.15, 0.2) is 42.7 Å². The summed E-state index contributed by atoms with van der Waals surface area (Å²) in [6, 6.07) is 8.36. The van der Waals surface area contributed by atoms with Crippen molar-refractivity contribution in [2.24, 2.45) is 5.41 Å². The number of ether oxygens (including phenoxy) is 3. The van der Waals surface area contributed by atoms with E-state index in [0.717, 1.165) is 11.3 Å². The summed E-state index contributed by atoms with van der Waals surface area (Å²) in [5, 5.41) is 0. The number of benzene rings is 1. The van der Waals surface area contributed by atoms with Gasteiger partial charge in [-0.25, -0.2) is 19.2 Å². The van der Waals surface area contributed by atoms with Crippen LogP contribution in [-0.2, 0) is 22.6 Å². The molecule has 0 fully saturated rings. The third-order valence-electron chi connectivity index (χ3n) is 5.29. The smallest absolute Gasteiger partial charge is 0.330 e. The normalized spacial score (nSPS) is 11.5. The molecule has 190 valence electrons. The van der Waals surface area contributed by atoms with E-state index in [0.29, 0.717) is 47.2 Å². The van der Waals surface area contributed by atoms with Crippen LogP contribution in [0.25, 0.3) is 17.2 Å². The van der Waals surface area contributed by atoms with E-state index < -0.39 is 5.97 Å². The lowest BCUT2D eigenvalue weighted by Crippen LogP contribution is -2.13. The monoisotopic (exact) mass is 493 g/mol. The van der Waals surface area contributed by atoms with E-state index in [9.17, 15) is 9.18 Å². The maximum absolute atomic E-state index is 14.8. The second-order valence-electron chi connectivity index (χ2n) is 9.44. The Morgan fingerprint density at radius 1 is 1.11 bits per heavy atom. The molecular weight excluding hydrogens is 461 g/mol. The Kier molecular flexibility index (Phi) is 8.74. The molecule has 1 aromatic carbocycles. The molecule has 0 atom stereocenters. The van der Waals surface area contributed by atoms with Crippen LogP contribution in [0.4, 0.5) is 4.39 Å². The van der Waals surface area contributed by atoms with Crippen molar-refractivity contribution in [3.63, 3.8) is 0 Å². The summed E-state index contributed by atoms with van der Waals surface area (Å²) in [6.07, 6.45) is 4.90. The van der Waals surface area contributed by atoms with Crippen LogP contribution in [0.2, 0.25) is 0 Å². The van der Waals surface area contributed by atoms with Crippen LogP contribution in [-0.4, -0.2) is 34.6 Å². The van der Waals surface area contributed by atoms with Gasteiger partial charge in [0.05, 0.1) is 25.1 Å². The first-order chi connectivity index (χ1) is 17.1. The maximum Gasteiger partial charge on any atom is 0.330 e. The number of hydrogen-bond donors (Lipinski definition) is 0. The van der Waals surface area contributed by atoms with Crippen LogP contribution in [0.1, 0.15) is 50.3 Å². The van der Waals surface area contributed by atoms with Crippen LogP contribution >= 0.6 is 0 Å². The molecule has 7 nitrogen and oxygen atoms in total. The number of aromatic nitrogens is 3. The van der Waals surface area contributed by atoms with Crippen LogP contribution in [0.3, 0.4) is 0 Å². The number of pyridine rings is 1. The highest BCUT2D eigenvalue weighted by Crippen LogP contribution is 2.33. The van der Waals surface area contributed by atoms with Crippen molar-refractivity contribution in [3.8, 4) is 22.8 Å². The second kappa shape index (κ2) is 11.7. The van der Waals surface area contributed by atoms with Gasteiger partial charge in [-0.2, -0.15) is 0 Å². The summed E-state index contributed by atoms with van der Waals surface area (Å²) in [5.41, 5.74) is 3.78. The van der Waals surface area contributed by atoms with Gasteiger partial charge in [0.2, 0.25) is 5.88 Å². The molecule has 3 aromatic rings. The van der Waals surface area contributed by atoms with Crippen molar-refractivity contribution in [1.29, 1.82) is 0 Å². The minimum absolute atomic E-state index is 0.0695. The van der Waals surface area contributed by atoms with E-state index in [-0.39, 0.29) is 17.8 Å². The third-order valence-corrected chi connectivity index (χ3v) is 5.29. The van der Waals surface area contributed by atoms with Crippen LogP contribution in [0, 0.1) is 18.2 Å². The number of carbonyl (C=O) groups excluding carboxylic acids is 1. The van der Waals surface area contributed by atoms with Crippen molar-refractivity contribution in [2.45, 2.75) is 47.6 Å². The molecular formula is C28H32FN3O4. The van der Waals surface area contributed by atoms with Crippen molar-refractivity contribution < 1.29 is 23.4 Å². The van der Waals surface area contributed by atoms with Gasteiger partial charge in [-0.1, -0.05) is 26.8 Å². The number of hydrogen-bond acceptors (Lipinski definition) is 7. The highest BCUT2D eigenvalue weighted by molar-refractivity contribution is 5.87. The standard InChI is InChI=1S/C28H32FN3O4/c1-7-35-26(33)13-12-24-18(2)27(31-17-30-24)36-16-19-8-10-21(25(32-19)15-28(3,4)5)22-14-20(34-6)9-11-23(22)29/h8-14,17H,7,15-16H2,1-6H3/b13-12+. The molecule has 0 aliphatic rings. The minimum atomic E-state index is -0.443. The Bertz CT molecular complexity index is 1250. The first kappa shape index (κ1) is 26.8. The average molecular weight is 494 g/mol. The molecule has 8 heteroatoms. The molecule has 2 heterocycles. The number of carbonyl (C=O) groups is 1. The maximum atomic E-state index is 14.8. The first-order valence-corrected chi connectivity index (χ1v) is 11.7. The zero-order valence-corrected chi connectivity index (χ0v) is 21.6. The molecule has 36 heavy (non-hydrogen) atoms. The third kappa shape index (κ3) is 7.10. The molecule has 0 amide bonds. The summed E-state index contributed by atoms with van der Waals surface area (Å²) >= 11 is 0. The fourth-order valence-corrected chi connectivity index (χ4v) is 3.59. The Hall–Kier alpha value is -3.81. The zero-order valence-electron chi connectivity index (χ0n) is 21.6. The Labute approximate surface area is 211 Å². The van der Waals surface area contributed by atoms with Gasteiger partial charge < -0.3 is 14.2 Å². The first-order valence-electron chi connectivity index (χ1n) is 11.7. The second-order valence-corrected chi connectivity index (χ2v) is 9.44. The molecule has 2 aromatic heterocycles. The Morgan fingerprint density at radius 3 is 2.58 bits per heavy atom. The van der Waals surface area contributed by atoms with E-state index >= 15 is 0 Å². The fourth-order valence-electron chi connectivity index (χ4n) is 3.59. The van der Waals surface area contributed by atoms with Gasteiger partial charge in [0.25, 0.3) is 0 Å². The van der Waals surface area contributed by atoms with Gasteiger partial charge in [0, 0.05) is 28.5 Å². The van der Waals surface area contributed by atoms with Gasteiger partial charge in [0.15, 0.2) is 0 Å². The summed E-state index contributed by atoms with van der Waals surface area (Å²) in [4.78, 5) is 24.9. The van der Waals surface area contributed by atoms with E-state index in [4.69, 9.17) is 19.2 Å². The molecule has 0 radical (unpaired) electrons. The predicted molar refractivity (Wildman–Crippen MR) is 136 cm³/mol. The molecule has 0 aliphatic heterocycles. The predicted octanol–water partition coefficient (Wildman–Crippen LogP) is 5.74. The van der Waals surface area contributed by atoms with E-state index in [1.54, 1.807) is 32.2 Å². The number of halogens is 1. The zero-order chi connectivity index (χ0) is 26.3. The number of nitrogens with zero attached hydrogens (tertiary/aromatic N) is 3. The molecule has 3 rings (SSSR count). The van der Waals surface area contributed by atoms with Gasteiger partial charge in [-0.05, 0) is 56.0 Å². The number of methoxy groups -OCH3 is 1. The average Bonchev–Trinajstić information content (AvgIpc) is 2.82. The van der Waals surface area contributed by atoms with Gasteiger partial charge in [-0.3, -0.25) is 4.98 Å². The Morgan fingerprint density at radius 2 is 1.89 bits per heavy atom. The molecule has 0 unspecified atom stereocenters. The lowest BCUT2D eigenvalue weighted by atomic mass is 9.87. The SMILES string of the molecule is CCOC(=O)/C=C/c1ncnc(OCc2ccc(-c3cc(OC)ccc3F)c(CC(C)(C)C)n2)c1C. The summed E-state index contributed by atoms with van der Waals surface area (Å²) < 4.78 is 30.9. The van der Waals surface area contributed by atoms with Gasteiger partial charge in [-0.15, -0.1) is 0 Å². The lowest BCUT2D eigenvalue weighted by Gasteiger charge is -2.21. The lowest BCUT2D eigenvalue weighted by molar-refractivity contribution is -0.137. The van der Waals surface area contributed by atoms with Gasteiger partial charge in [0.1, 0.15) is 24.5 Å². The molecule has 0 saturated carbocycles. The topological polar surface area (TPSA) is 83.4 Å². The van der Waals surface area contributed by atoms with Crippen molar-refractivity contribution in [2.75, 3.05) is 13.7 Å². The highest BCUT2D eigenvalue weighted by atomic mass is 19.1. The van der Waals surface area contributed by atoms with Crippen molar-refractivity contribution >= 4 is 12.0 Å². The van der Waals surface area contributed by atoms with Crippen LogP contribution < -0.4 is 9.47 Å². The molecule has 0 saturated heterocycles. The van der Waals surface area contributed by atoms with E-state index in [1.165, 1.54) is 18.5 Å².